The van der Waals surface area contributed by atoms with Gasteiger partial charge in [0, 0.05) is 23.7 Å². The second kappa shape index (κ2) is 4.67. The van der Waals surface area contributed by atoms with Gasteiger partial charge in [0.1, 0.15) is 0 Å². The molecule has 0 aliphatic heterocycles. The Bertz CT molecular complexity index is 471. The van der Waals surface area contributed by atoms with E-state index in [1.807, 2.05) is 19.4 Å². The third kappa shape index (κ3) is 2.20. The van der Waals surface area contributed by atoms with E-state index in [4.69, 9.17) is 5.84 Å². The highest BCUT2D eigenvalue weighted by atomic mass is 79.9. The van der Waals surface area contributed by atoms with E-state index in [9.17, 15) is 0 Å². The second-order valence-electron chi connectivity index (χ2n) is 3.65. The van der Waals surface area contributed by atoms with Crippen molar-refractivity contribution < 1.29 is 0 Å². The standard InChI is InChI=1S/C10H13BrN4S/c1-6-3-8(16-10(6)11)9(14-12)7-4-13-15(2)5-7/h3-5,9,14H,12H2,1-2H3. The number of hydrazine groups is 1. The average molecular weight is 301 g/mol. The zero-order chi connectivity index (χ0) is 11.7. The van der Waals surface area contributed by atoms with Crippen LogP contribution in [-0.4, -0.2) is 9.78 Å². The van der Waals surface area contributed by atoms with Crippen molar-refractivity contribution in [1.29, 1.82) is 0 Å². The van der Waals surface area contributed by atoms with Gasteiger partial charge >= 0.3 is 0 Å². The highest BCUT2D eigenvalue weighted by molar-refractivity contribution is 9.11. The number of halogens is 1. The Balaban J connectivity index is 2.36. The van der Waals surface area contributed by atoms with Crippen LogP contribution in [0, 0.1) is 6.92 Å². The maximum atomic E-state index is 5.61. The van der Waals surface area contributed by atoms with Crippen LogP contribution in [0.4, 0.5) is 0 Å². The van der Waals surface area contributed by atoms with Crippen molar-refractivity contribution in [2.45, 2.75) is 13.0 Å². The average Bonchev–Trinajstić information content (AvgIpc) is 2.77. The van der Waals surface area contributed by atoms with Crippen LogP contribution >= 0.6 is 27.3 Å². The van der Waals surface area contributed by atoms with Crippen LogP contribution in [0.15, 0.2) is 22.2 Å². The van der Waals surface area contributed by atoms with Gasteiger partial charge < -0.3 is 0 Å². The van der Waals surface area contributed by atoms with Crippen LogP contribution in [0.1, 0.15) is 22.0 Å². The zero-order valence-electron chi connectivity index (χ0n) is 9.07. The van der Waals surface area contributed by atoms with E-state index in [0.717, 1.165) is 9.35 Å². The van der Waals surface area contributed by atoms with Gasteiger partial charge in [-0.25, -0.2) is 5.43 Å². The molecule has 0 saturated carbocycles. The first-order valence-electron chi connectivity index (χ1n) is 4.82. The lowest BCUT2D eigenvalue weighted by atomic mass is 10.1. The molecule has 1 atom stereocenters. The molecule has 2 aromatic rings. The van der Waals surface area contributed by atoms with Gasteiger partial charge in [-0.05, 0) is 34.5 Å². The molecule has 2 heterocycles. The van der Waals surface area contributed by atoms with Crippen molar-refractivity contribution in [2.75, 3.05) is 0 Å². The molecule has 1 unspecified atom stereocenters. The van der Waals surface area contributed by atoms with Crippen molar-refractivity contribution in [2.24, 2.45) is 12.9 Å². The highest BCUT2D eigenvalue weighted by Crippen LogP contribution is 2.33. The van der Waals surface area contributed by atoms with Crippen LogP contribution < -0.4 is 11.3 Å². The fraction of sp³-hybridized carbons (Fsp3) is 0.300. The summed E-state index contributed by atoms with van der Waals surface area (Å²) in [5.74, 6) is 5.61. The van der Waals surface area contributed by atoms with Gasteiger partial charge in [-0.1, -0.05) is 0 Å². The highest BCUT2D eigenvalue weighted by Gasteiger charge is 2.17. The van der Waals surface area contributed by atoms with E-state index < -0.39 is 0 Å². The summed E-state index contributed by atoms with van der Waals surface area (Å²) in [6.07, 6.45) is 3.79. The Labute approximate surface area is 107 Å². The summed E-state index contributed by atoms with van der Waals surface area (Å²) in [5, 5.41) is 4.15. The Hall–Kier alpha value is -0.690. The molecule has 0 bridgehead atoms. The van der Waals surface area contributed by atoms with E-state index in [-0.39, 0.29) is 6.04 Å². The quantitative estimate of drug-likeness (QED) is 0.674. The third-order valence-corrected chi connectivity index (χ3v) is 4.59. The van der Waals surface area contributed by atoms with Crippen molar-refractivity contribution in [3.05, 3.63) is 38.3 Å². The van der Waals surface area contributed by atoms with Gasteiger partial charge in [0.25, 0.3) is 0 Å². The lowest BCUT2D eigenvalue weighted by Gasteiger charge is -2.11. The molecule has 0 fully saturated rings. The van der Waals surface area contributed by atoms with Crippen molar-refractivity contribution in [1.82, 2.24) is 15.2 Å². The molecule has 2 rings (SSSR count). The van der Waals surface area contributed by atoms with Gasteiger partial charge in [0.05, 0.1) is 16.0 Å². The lowest BCUT2D eigenvalue weighted by Crippen LogP contribution is -2.27. The minimum absolute atomic E-state index is 0.00343. The molecule has 6 heteroatoms. The molecule has 4 nitrogen and oxygen atoms in total. The molecule has 0 saturated heterocycles. The number of thiophene rings is 1. The van der Waals surface area contributed by atoms with Crippen molar-refractivity contribution >= 4 is 27.3 Å². The first-order chi connectivity index (χ1) is 7.61. The fourth-order valence-corrected chi connectivity index (χ4v) is 3.22. The molecule has 86 valence electrons. The number of hydrogen-bond acceptors (Lipinski definition) is 4. The molecular formula is C10H13BrN4S. The van der Waals surface area contributed by atoms with Crippen LogP contribution in [0.5, 0.6) is 0 Å². The molecule has 0 spiro atoms. The topological polar surface area (TPSA) is 55.9 Å². The maximum absolute atomic E-state index is 5.61. The predicted octanol–water partition coefficient (Wildman–Crippen LogP) is 2.11. The Kier molecular flexibility index (Phi) is 3.44. The molecule has 3 N–H and O–H groups in total. The summed E-state index contributed by atoms with van der Waals surface area (Å²) >= 11 is 5.21. The first kappa shape index (κ1) is 11.8. The van der Waals surface area contributed by atoms with Gasteiger partial charge in [-0.3, -0.25) is 10.5 Å². The summed E-state index contributed by atoms with van der Waals surface area (Å²) in [6.45, 7) is 2.07. The van der Waals surface area contributed by atoms with E-state index in [1.165, 1.54) is 10.4 Å². The van der Waals surface area contributed by atoms with E-state index in [0.29, 0.717) is 0 Å². The summed E-state index contributed by atoms with van der Waals surface area (Å²) in [5.41, 5.74) is 5.12. The van der Waals surface area contributed by atoms with Crippen molar-refractivity contribution in [3.63, 3.8) is 0 Å². The lowest BCUT2D eigenvalue weighted by molar-refractivity contribution is 0.645. The molecule has 0 radical (unpaired) electrons. The van der Waals surface area contributed by atoms with Crippen molar-refractivity contribution in [3.8, 4) is 0 Å². The van der Waals surface area contributed by atoms with Gasteiger partial charge in [0.15, 0.2) is 0 Å². The normalized spacial score (nSPS) is 13.0. The number of nitrogens with two attached hydrogens (primary N) is 1. The predicted molar refractivity (Wildman–Crippen MR) is 69.1 cm³/mol. The first-order valence-corrected chi connectivity index (χ1v) is 6.43. The minimum Gasteiger partial charge on any atom is -0.275 e. The van der Waals surface area contributed by atoms with Gasteiger partial charge in [-0.15, -0.1) is 11.3 Å². The number of aromatic nitrogens is 2. The summed E-state index contributed by atoms with van der Waals surface area (Å²) in [7, 11) is 1.90. The number of hydrogen-bond donors (Lipinski definition) is 2. The molecule has 0 aliphatic rings. The Morgan fingerprint density at radius 2 is 2.38 bits per heavy atom. The van der Waals surface area contributed by atoms with Gasteiger partial charge in [-0.2, -0.15) is 5.10 Å². The van der Waals surface area contributed by atoms with Crippen LogP contribution in [-0.2, 0) is 7.05 Å². The number of nitrogens with one attached hydrogen (secondary N) is 1. The van der Waals surface area contributed by atoms with Gasteiger partial charge in [0.2, 0.25) is 0 Å². The zero-order valence-corrected chi connectivity index (χ0v) is 11.5. The minimum atomic E-state index is 0.00343. The Morgan fingerprint density at radius 1 is 1.62 bits per heavy atom. The number of aryl methyl sites for hydroxylation is 2. The Morgan fingerprint density at radius 3 is 2.81 bits per heavy atom. The number of nitrogens with zero attached hydrogens (tertiary/aromatic N) is 2. The molecule has 0 aromatic carbocycles. The SMILES string of the molecule is Cc1cc(C(NN)c2cnn(C)c2)sc1Br. The number of rotatable bonds is 3. The molecular weight excluding hydrogens is 288 g/mol. The molecule has 16 heavy (non-hydrogen) atoms. The molecule has 0 aliphatic carbocycles. The summed E-state index contributed by atoms with van der Waals surface area (Å²) in [4.78, 5) is 1.18. The maximum Gasteiger partial charge on any atom is 0.0833 e. The largest absolute Gasteiger partial charge is 0.275 e. The van der Waals surface area contributed by atoms with E-state index in [1.54, 1.807) is 16.0 Å². The van der Waals surface area contributed by atoms with Crippen LogP contribution in [0.2, 0.25) is 0 Å². The third-order valence-electron chi connectivity index (χ3n) is 2.39. The fourth-order valence-electron chi connectivity index (χ4n) is 1.56. The summed E-state index contributed by atoms with van der Waals surface area (Å²) < 4.78 is 2.92. The molecule has 2 aromatic heterocycles. The van der Waals surface area contributed by atoms with Crippen LogP contribution in [0.25, 0.3) is 0 Å². The molecule has 0 amide bonds. The second-order valence-corrected chi connectivity index (χ2v) is 6.05. The van der Waals surface area contributed by atoms with Crippen LogP contribution in [0.3, 0.4) is 0 Å². The van der Waals surface area contributed by atoms with E-state index >= 15 is 0 Å². The van der Waals surface area contributed by atoms with E-state index in [2.05, 4.69) is 39.4 Å². The summed E-state index contributed by atoms with van der Waals surface area (Å²) in [6, 6.07) is 2.13. The monoisotopic (exact) mass is 300 g/mol. The smallest absolute Gasteiger partial charge is 0.0833 e.